The third kappa shape index (κ3) is 2.87. The summed E-state index contributed by atoms with van der Waals surface area (Å²) < 4.78 is 5.41. The molecular weight excluding hydrogens is 244 g/mol. The molecule has 0 saturated carbocycles. The van der Waals surface area contributed by atoms with Crippen molar-refractivity contribution in [3.8, 4) is 0 Å². The molecule has 1 aliphatic heterocycles. The zero-order chi connectivity index (χ0) is 12.4. The molecule has 2 heterocycles. The van der Waals surface area contributed by atoms with Crippen molar-refractivity contribution in [2.24, 2.45) is 0 Å². The minimum absolute atomic E-state index is 0.0871. The molecule has 0 aromatic carbocycles. The Morgan fingerprint density at radius 3 is 3.00 bits per heavy atom. The molecule has 92 valence electrons. The number of halogens is 1. The quantitative estimate of drug-likeness (QED) is 0.810. The van der Waals surface area contributed by atoms with E-state index in [0.29, 0.717) is 12.4 Å². The van der Waals surface area contributed by atoms with Gasteiger partial charge in [0.25, 0.3) is 0 Å². The predicted octanol–water partition coefficient (Wildman–Crippen LogP) is 2.02. The summed E-state index contributed by atoms with van der Waals surface area (Å²) in [7, 11) is 0. The molecule has 1 fully saturated rings. The van der Waals surface area contributed by atoms with Crippen LogP contribution < -0.4 is 5.32 Å². The molecule has 0 amide bonds. The summed E-state index contributed by atoms with van der Waals surface area (Å²) in [6.45, 7) is 2.67. The molecular formula is C11H13ClN2O3. The van der Waals surface area contributed by atoms with Crippen LogP contribution in [0.2, 0.25) is 5.15 Å². The summed E-state index contributed by atoms with van der Waals surface area (Å²) in [5.41, 5.74) is 0.124. The highest BCUT2D eigenvalue weighted by molar-refractivity contribution is 6.29. The van der Waals surface area contributed by atoms with Crippen LogP contribution in [0.3, 0.4) is 0 Å². The second-order valence-electron chi connectivity index (χ2n) is 3.98. The highest BCUT2D eigenvalue weighted by atomic mass is 35.5. The van der Waals surface area contributed by atoms with E-state index in [9.17, 15) is 4.79 Å². The maximum absolute atomic E-state index is 10.9. The number of ether oxygens (including phenoxy) is 1. The zero-order valence-electron chi connectivity index (χ0n) is 9.31. The number of anilines is 1. The van der Waals surface area contributed by atoms with Crippen LogP contribution in [0.5, 0.6) is 0 Å². The summed E-state index contributed by atoms with van der Waals surface area (Å²) in [6.07, 6.45) is 0.960. The van der Waals surface area contributed by atoms with Gasteiger partial charge in [-0.05, 0) is 25.5 Å². The summed E-state index contributed by atoms with van der Waals surface area (Å²) in [5.74, 6) is -0.551. The average Bonchev–Trinajstić information content (AvgIpc) is 2.63. The Balaban J connectivity index is 2.17. The first-order valence-corrected chi connectivity index (χ1v) is 5.73. The first-order valence-electron chi connectivity index (χ1n) is 5.35. The van der Waals surface area contributed by atoms with E-state index in [4.69, 9.17) is 21.4 Å². The molecule has 1 aromatic heterocycles. The predicted molar refractivity (Wildman–Crippen MR) is 63.6 cm³/mol. The average molecular weight is 257 g/mol. The first-order chi connectivity index (χ1) is 8.06. The number of nitrogens with one attached hydrogen (secondary N) is 1. The second kappa shape index (κ2) is 4.89. The van der Waals surface area contributed by atoms with Crippen LogP contribution in [0.15, 0.2) is 12.1 Å². The van der Waals surface area contributed by atoms with E-state index in [-0.39, 0.29) is 22.9 Å². The number of aromatic carboxylic acids is 1. The van der Waals surface area contributed by atoms with Crippen molar-refractivity contribution in [1.82, 2.24) is 4.98 Å². The van der Waals surface area contributed by atoms with E-state index >= 15 is 0 Å². The molecule has 1 aliphatic rings. The van der Waals surface area contributed by atoms with Gasteiger partial charge < -0.3 is 15.2 Å². The maximum atomic E-state index is 10.9. The van der Waals surface area contributed by atoms with Gasteiger partial charge in [-0.2, -0.15) is 0 Å². The smallest absolute Gasteiger partial charge is 0.335 e. The van der Waals surface area contributed by atoms with Crippen molar-refractivity contribution in [1.29, 1.82) is 0 Å². The number of hydrogen-bond donors (Lipinski definition) is 2. The molecule has 1 saturated heterocycles. The number of pyridine rings is 1. The first kappa shape index (κ1) is 12.1. The molecule has 0 spiro atoms. The van der Waals surface area contributed by atoms with E-state index in [0.717, 1.165) is 6.42 Å². The van der Waals surface area contributed by atoms with Gasteiger partial charge >= 0.3 is 5.97 Å². The number of carboxylic acids is 1. The van der Waals surface area contributed by atoms with Crippen LogP contribution in [0.25, 0.3) is 0 Å². The Morgan fingerprint density at radius 2 is 2.41 bits per heavy atom. The fraction of sp³-hybridized carbons (Fsp3) is 0.455. The largest absolute Gasteiger partial charge is 0.478 e. The number of nitrogens with zero attached hydrogens (tertiary/aromatic N) is 1. The Hall–Kier alpha value is -1.33. The minimum Gasteiger partial charge on any atom is -0.478 e. The van der Waals surface area contributed by atoms with Gasteiger partial charge in [-0.15, -0.1) is 0 Å². The van der Waals surface area contributed by atoms with Gasteiger partial charge in [0.05, 0.1) is 17.7 Å². The summed E-state index contributed by atoms with van der Waals surface area (Å²) in [4.78, 5) is 14.9. The standard InChI is InChI=1S/C11H13ClN2O3/c1-6-8(2-3-17-6)13-10-5-7(11(15)16)4-9(12)14-10/h4-6,8H,2-3H2,1H3,(H,13,14)(H,15,16). The van der Waals surface area contributed by atoms with Gasteiger partial charge in [0, 0.05) is 6.61 Å². The van der Waals surface area contributed by atoms with Gasteiger partial charge in [0.2, 0.25) is 0 Å². The lowest BCUT2D eigenvalue weighted by Gasteiger charge is -2.16. The van der Waals surface area contributed by atoms with Gasteiger partial charge in [0.15, 0.2) is 0 Å². The number of carboxylic acid groups (broad SMARTS) is 1. The molecule has 6 heteroatoms. The fourth-order valence-electron chi connectivity index (χ4n) is 1.81. The van der Waals surface area contributed by atoms with E-state index in [1.54, 1.807) is 0 Å². The van der Waals surface area contributed by atoms with Crippen molar-refractivity contribution >= 4 is 23.4 Å². The summed E-state index contributed by atoms with van der Waals surface area (Å²) in [5, 5.41) is 12.2. The monoisotopic (exact) mass is 256 g/mol. The minimum atomic E-state index is -1.02. The molecule has 0 radical (unpaired) electrons. The lowest BCUT2D eigenvalue weighted by atomic mass is 10.1. The molecule has 5 nitrogen and oxygen atoms in total. The Labute approximate surface area is 104 Å². The van der Waals surface area contributed by atoms with Gasteiger partial charge in [-0.3, -0.25) is 0 Å². The second-order valence-corrected chi connectivity index (χ2v) is 4.37. The number of carbonyl (C=O) groups is 1. The molecule has 0 bridgehead atoms. The molecule has 0 aliphatic carbocycles. The normalized spacial score (nSPS) is 23.6. The van der Waals surface area contributed by atoms with Crippen molar-refractivity contribution in [2.75, 3.05) is 11.9 Å². The topological polar surface area (TPSA) is 71.5 Å². The summed E-state index contributed by atoms with van der Waals surface area (Å²) >= 11 is 5.77. The van der Waals surface area contributed by atoms with Crippen LogP contribution in [0.4, 0.5) is 5.82 Å². The van der Waals surface area contributed by atoms with Gasteiger partial charge in [0.1, 0.15) is 11.0 Å². The maximum Gasteiger partial charge on any atom is 0.335 e. The Morgan fingerprint density at radius 1 is 1.65 bits per heavy atom. The summed E-state index contributed by atoms with van der Waals surface area (Å²) in [6, 6.07) is 2.94. The van der Waals surface area contributed by atoms with Crippen LogP contribution in [0.1, 0.15) is 23.7 Å². The molecule has 2 atom stereocenters. The zero-order valence-corrected chi connectivity index (χ0v) is 10.1. The SMILES string of the molecule is CC1OCCC1Nc1cc(C(=O)O)cc(Cl)n1. The van der Waals surface area contributed by atoms with E-state index in [1.165, 1.54) is 12.1 Å². The van der Waals surface area contributed by atoms with E-state index in [1.807, 2.05) is 6.92 Å². The van der Waals surface area contributed by atoms with Crippen molar-refractivity contribution in [2.45, 2.75) is 25.5 Å². The molecule has 1 aromatic rings. The number of rotatable bonds is 3. The van der Waals surface area contributed by atoms with Crippen molar-refractivity contribution in [3.63, 3.8) is 0 Å². The van der Waals surface area contributed by atoms with Crippen LogP contribution >= 0.6 is 11.6 Å². The molecule has 17 heavy (non-hydrogen) atoms. The van der Waals surface area contributed by atoms with Crippen LogP contribution in [-0.2, 0) is 4.74 Å². The Bertz CT molecular complexity index is 439. The number of hydrogen-bond acceptors (Lipinski definition) is 4. The van der Waals surface area contributed by atoms with Crippen LogP contribution in [-0.4, -0.2) is 34.8 Å². The van der Waals surface area contributed by atoms with Crippen molar-refractivity contribution in [3.05, 3.63) is 22.8 Å². The molecule has 2 unspecified atom stereocenters. The third-order valence-corrected chi connectivity index (χ3v) is 2.94. The Kier molecular flexibility index (Phi) is 3.49. The van der Waals surface area contributed by atoms with Crippen molar-refractivity contribution < 1.29 is 14.6 Å². The third-order valence-electron chi connectivity index (χ3n) is 2.75. The molecule has 2 rings (SSSR count). The highest BCUT2D eigenvalue weighted by Crippen LogP contribution is 2.20. The fourth-order valence-corrected chi connectivity index (χ4v) is 2.01. The molecule has 2 N–H and O–H groups in total. The number of aromatic nitrogens is 1. The highest BCUT2D eigenvalue weighted by Gasteiger charge is 2.24. The van der Waals surface area contributed by atoms with Gasteiger partial charge in [-0.1, -0.05) is 11.6 Å². The lowest BCUT2D eigenvalue weighted by molar-refractivity contribution is 0.0697. The van der Waals surface area contributed by atoms with E-state index < -0.39 is 5.97 Å². The lowest BCUT2D eigenvalue weighted by Crippen LogP contribution is -2.27. The van der Waals surface area contributed by atoms with Gasteiger partial charge in [-0.25, -0.2) is 9.78 Å². The van der Waals surface area contributed by atoms with E-state index in [2.05, 4.69) is 10.3 Å². The van der Waals surface area contributed by atoms with Crippen LogP contribution in [0, 0.1) is 0 Å².